The summed E-state index contributed by atoms with van der Waals surface area (Å²) in [5.41, 5.74) is 1.37. The van der Waals surface area contributed by atoms with Crippen molar-refractivity contribution in [2.75, 3.05) is 11.9 Å². The highest BCUT2D eigenvalue weighted by Crippen LogP contribution is 2.22. The lowest BCUT2D eigenvalue weighted by molar-refractivity contribution is 0.0955. The first kappa shape index (κ1) is 16.9. The minimum atomic E-state index is -0.407. The van der Waals surface area contributed by atoms with Crippen LogP contribution in [0, 0.1) is 0 Å². The first-order valence-corrected chi connectivity index (χ1v) is 8.33. The molecule has 2 amide bonds. The monoisotopic (exact) mass is 398 g/mol. The molecular formula is C18H15BrN4O2. The highest BCUT2D eigenvalue weighted by atomic mass is 79.9. The van der Waals surface area contributed by atoms with Gasteiger partial charge in [0.05, 0.1) is 11.2 Å². The predicted molar refractivity (Wildman–Crippen MR) is 99.8 cm³/mol. The maximum Gasteiger partial charge on any atom is 0.292 e. The van der Waals surface area contributed by atoms with E-state index in [4.69, 9.17) is 0 Å². The normalized spacial score (nSPS) is 10.4. The lowest BCUT2D eigenvalue weighted by atomic mass is 10.3. The molecule has 3 rings (SSSR count). The molecule has 3 aromatic rings. The van der Waals surface area contributed by atoms with E-state index < -0.39 is 5.91 Å². The van der Waals surface area contributed by atoms with Crippen molar-refractivity contribution in [1.29, 1.82) is 0 Å². The van der Waals surface area contributed by atoms with Crippen LogP contribution in [-0.2, 0) is 0 Å². The maximum atomic E-state index is 12.7. The summed E-state index contributed by atoms with van der Waals surface area (Å²) >= 11 is 3.39. The topological polar surface area (TPSA) is 75.5 Å². The van der Waals surface area contributed by atoms with Crippen molar-refractivity contribution in [1.82, 2.24) is 14.7 Å². The molecule has 7 heteroatoms. The van der Waals surface area contributed by atoms with Crippen LogP contribution in [0.4, 0.5) is 5.69 Å². The number of rotatable bonds is 5. The van der Waals surface area contributed by atoms with E-state index in [1.807, 2.05) is 18.2 Å². The lowest BCUT2D eigenvalue weighted by Gasteiger charge is -2.06. The van der Waals surface area contributed by atoms with Gasteiger partial charge in [-0.25, -0.2) is 4.98 Å². The zero-order valence-corrected chi connectivity index (χ0v) is 14.8. The fraction of sp³-hybridized carbons (Fsp3) is 0.0556. The predicted octanol–water partition coefficient (Wildman–Crippen LogP) is 3.26. The maximum absolute atomic E-state index is 12.7. The van der Waals surface area contributed by atoms with Crippen LogP contribution < -0.4 is 10.6 Å². The van der Waals surface area contributed by atoms with Crippen LogP contribution in [0.1, 0.15) is 21.1 Å². The number of para-hydroxylation sites is 1. The molecule has 2 aromatic heterocycles. The Kier molecular flexibility index (Phi) is 4.95. The minimum Gasteiger partial charge on any atom is -0.347 e. The average Bonchev–Trinajstić information content (AvgIpc) is 3.01. The minimum absolute atomic E-state index is 0.134. The molecule has 0 saturated carbocycles. The summed E-state index contributed by atoms with van der Waals surface area (Å²) in [5.74, 6) is -0.630. The zero-order chi connectivity index (χ0) is 17.8. The number of pyridine rings is 1. The van der Waals surface area contributed by atoms with Gasteiger partial charge in [0, 0.05) is 17.2 Å². The number of imidazole rings is 1. The summed E-state index contributed by atoms with van der Waals surface area (Å²) in [6.45, 7) is 3.89. The highest BCUT2D eigenvalue weighted by molar-refractivity contribution is 9.10. The molecule has 2 heterocycles. The number of halogens is 1. The molecule has 2 N–H and O–H groups in total. The van der Waals surface area contributed by atoms with Gasteiger partial charge in [0.1, 0.15) is 0 Å². The molecular weight excluding hydrogens is 384 g/mol. The number of hydrogen-bond donors (Lipinski definition) is 2. The molecule has 0 saturated heterocycles. The number of amides is 2. The first-order chi connectivity index (χ1) is 12.1. The van der Waals surface area contributed by atoms with Crippen molar-refractivity contribution in [3.8, 4) is 0 Å². The van der Waals surface area contributed by atoms with Gasteiger partial charge in [0.2, 0.25) is 5.82 Å². The second kappa shape index (κ2) is 7.31. The number of aromatic nitrogens is 2. The number of nitrogens with one attached hydrogen (secondary N) is 2. The molecule has 0 aliphatic carbocycles. The molecule has 0 radical (unpaired) electrons. The van der Waals surface area contributed by atoms with Crippen LogP contribution in [0.15, 0.2) is 65.8 Å². The molecule has 126 valence electrons. The molecule has 25 heavy (non-hydrogen) atoms. The van der Waals surface area contributed by atoms with E-state index in [0.29, 0.717) is 17.7 Å². The van der Waals surface area contributed by atoms with Gasteiger partial charge in [-0.05, 0) is 40.2 Å². The molecule has 6 nitrogen and oxygen atoms in total. The van der Waals surface area contributed by atoms with Gasteiger partial charge in [-0.2, -0.15) is 0 Å². The SMILES string of the molecule is C=CCNC(=O)c1nc(C(=O)Nc2ccccc2Br)n2ccccc12. The van der Waals surface area contributed by atoms with Crippen LogP contribution in [-0.4, -0.2) is 27.7 Å². The summed E-state index contributed by atoms with van der Waals surface area (Å²) in [4.78, 5) is 29.2. The molecule has 0 spiro atoms. The van der Waals surface area contributed by atoms with Crippen molar-refractivity contribution >= 4 is 38.9 Å². The summed E-state index contributed by atoms with van der Waals surface area (Å²) < 4.78 is 2.35. The largest absolute Gasteiger partial charge is 0.347 e. The van der Waals surface area contributed by atoms with Crippen molar-refractivity contribution in [2.45, 2.75) is 0 Å². The summed E-state index contributed by atoms with van der Waals surface area (Å²) in [6.07, 6.45) is 3.28. The molecule has 0 bridgehead atoms. The third-order valence-corrected chi connectivity index (χ3v) is 4.19. The Morgan fingerprint density at radius 1 is 1.16 bits per heavy atom. The number of hydrogen-bond acceptors (Lipinski definition) is 3. The Bertz CT molecular complexity index is 965. The van der Waals surface area contributed by atoms with Crippen LogP contribution in [0.25, 0.3) is 5.52 Å². The molecule has 0 aliphatic heterocycles. The molecule has 0 unspecified atom stereocenters. The van der Waals surface area contributed by atoms with Crippen molar-refractivity contribution < 1.29 is 9.59 Å². The van der Waals surface area contributed by atoms with E-state index in [1.165, 1.54) is 0 Å². The molecule has 0 atom stereocenters. The molecule has 0 aliphatic rings. The van der Waals surface area contributed by atoms with E-state index in [0.717, 1.165) is 4.47 Å². The zero-order valence-electron chi connectivity index (χ0n) is 13.2. The van der Waals surface area contributed by atoms with Crippen LogP contribution >= 0.6 is 15.9 Å². The van der Waals surface area contributed by atoms with Crippen LogP contribution in [0.5, 0.6) is 0 Å². The standard InChI is InChI=1S/C18H15BrN4O2/c1-2-10-20-17(24)15-14-9-5-6-11-23(14)16(22-15)18(25)21-13-8-4-3-7-12(13)19/h2-9,11H,1,10H2,(H,20,24)(H,21,25). The number of benzene rings is 1. The quantitative estimate of drug-likeness (QED) is 0.647. The summed E-state index contributed by atoms with van der Waals surface area (Å²) in [6, 6.07) is 12.6. The van der Waals surface area contributed by atoms with Gasteiger partial charge in [-0.1, -0.05) is 24.3 Å². The second-order valence-corrected chi connectivity index (χ2v) is 6.03. The highest BCUT2D eigenvalue weighted by Gasteiger charge is 2.21. The van der Waals surface area contributed by atoms with E-state index in [1.54, 1.807) is 40.9 Å². The number of fused-ring (bicyclic) bond motifs is 1. The van der Waals surface area contributed by atoms with Crippen molar-refractivity contribution in [2.24, 2.45) is 0 Å². The van der Waals surface area contributed by atoms with Gasteiger partial charge in [-0.15, -0.1) is 6.58 Å². The number of anilines is 1. The Morgan fingerprint density at radius 2 is 1.92 bits per heavy atom. The number of carbonyl (C=O) groups is 2. The Balaban J connectivity index is 1.99. The molecule has 0 fully saturated rings. The van der Waals surface area contributed by atoms with Gasteiger partial charge in [0.15, 0.2) is 5.69 Å². The second-order valence-electron chi connectivity index (χ2n) is 5.17. The first-order valence-electron chi connectivity index (χ1n) is 7.54. The Hall–Kier alpha value is -2.93. The van der Waals surface area contributed by atoms with Gasteiger partial charge in [-0.3, -0.25) is 14.0 Å². The number of carbonyl (C=O) groups excluding carboxylic acids is 2. The average molecular weight is 399 g/mol. The van der Waals surface area contributed by atoms with Crippen LogP contribution in [0.3, 0.4) is 0 Å². The Labute approximate surface area is 152 Å². The lowest BCUT2D eigenvalue weighted by Crippen LogP contribution is -2.24. The van der Waals surface area contributed by atoms with Gasteiger partial charge >= 0.3 is 0 Å². The van der Waals surface area contributed by atoms with E-state index in [-0.39, 0.29) is 17.4 Å². The van der Waals surface area contributed by atoms with E-state index >= 15 is 0 Å². The fourth-order valence-corrected chi connectivity index (χ4v) is 2.74. The summed E-state index contributed by atoms with van der Waals surface area (Å²) in [5, 5.41) is 5.48. The van der Waals surface area contributed by atoms with Gasteiger partial charge < -0.3 is 10.6 Å². The van der Waals surface area contributed by atoms with Gasteiger partial charge in [0.25, 0.3) is 11.8 Å². The Morgan fingerprint density at radius 3 is 2.68 bits per heavy atom. The van der Waals surface area contributed by atoms with E-state index in [2.05, 4.69) is 38.1 Å². The smallest absolute Gasteiger partial charge is 0.292 e. The summed E-state index contributed by atoms with van der Waals surface area (Å²) in [7, 11) is 0. The van der Waals surface area contributed by atoms with E-state index in [9.17, 15) is 9.59 Å². The third kappa shape index (κ3) is 3.46. The molecule has 1 aromatic carbocycles. The van der Waals surface area contributed by atoms with Crippen LogP contribution in [0.2, 0.25) is 0 Å². The fourth-order valence-electron chi connectivity index (χ4n) is 2.35. The third-order valence-electron chi connectivity index (χ3n) is 3.50. The number of nitrogens with zero attached hydrogens (tertiary/aromatic N) is 2. The van der Waals surface area contributed by atoms with Crippen molar-refractivity contribution in [3.05, 3.63) is 77.3 Å². The van der Waals surface area contributed by atoms with Crippen molar-refractivity contribution in [3.63, 3.8) is 0 Å².